The third-order valence-corrected chi connectivity index (χ3v) is 6.64. The number of likely N-dealkylation sites (N-methyl/N-ethyl adjacent to an activating group) is 1. The maximum atomic E-state index is 13.6. The van der Waals surface area contributed by atoms with E-state index in [-0.39, 0.29) is 18.1 Å². The summed E-state index contributed by atoms with van der Waals surface area (Å²) in [6.45, 7) is 5.67. The predicted molar refractivity (Wildman–Crippen MR) is 135 cm³/mol. The molecular weight excluding hydrogens is 478 g/mol. The first-order valence-corrected chi connectivity index (χ1v) is 13.4. The van der Waals surface area contributed by atoms with Crippen LogP contribution in [0.15, 0.2) is 48.5 Å². The second kappa shape index (κ2) is 12.6. The van der Waals surface area contributed by atoms with Gasteiger partial charge in [0.25, 0.3) is 0 Å². The predicted octanol–water partition coefficient (Wildman–Crippen LogP) is 3.45. The fraction of sp³-hybridized carbons (Fsp3) is 0.417. The Morgan fingerprint density at radius 3 is 2.29 bits per heavy atom. The van der Waals surface area contributed by atoms with E-state index in [0.717, 1.165) is 10.6 Å². The molecule has 0 aliphatic rings. The Bertz CT molecular complexity index is 1090. The number of amides is 2. The average molecular weight is 510 g/mol. The summed E-state index contributed by atoms with van der Waals surface area (Å²) in [5, 5.41) is 3.21. The van der Waals surface area contributed by atoms with Gasteiger partial charge in [-0.25, -0.2) is 8.42 Å². The van der Waals surface area contributed by atoms with Crippen molar-refractivity contribution in [2.24, 2.45) is 0 Å². The number of nitrogens with zero attached hydrogens (tertiary/aromatic N) is 2. The van der Waals surface area contributed by atoms with Gasteiger partial charge in [-0.1, -0.05) is 48.9 Å². The third kappa shape index (κ3) is 7.11. The van der Waals surface area contributed by atoms with Crippen molar-refractivity contribution in [1.82, 2.24) is 10.2 Å². The van der Waals surface area contributed by atoms with E-state index >= 15 is 0 Å². The quantitative estimate of drug-likeness (QED) is 0.472. The zero-order valence-electron chi connectivity index (χ0n) is 20.0. The number of carbonyl (C=O) groups excluding carboxylic acids is 2. The molecule has 1 N–H and O–H groups in total. The lowest BCUT2D eigenvalue weighted by Gasteiger charge is -2.33. The third-order valence-electron chi connectivity index (χ3n) is 5.15. The van der Waals surface area contributed by atoms with E-state index in [4.69, 9.17) is 16.3 Å². The van der Waals surface area contributed by atoms with Gasteiger partial charge >= 0.3 is 0 Å². The lowest BCUT2D eigenvalue weighted by molar-refractivity contribution is -0.140. The summed E-state index contributed by atoms with van der Waals surface area (Å²) < 4.78 is 32.1. The number of nitrogens with one attached hydrogen (secondary N) is 1. The molecule has 0 aromatic heterocycles. The van der Waals surface area contributed by atoms with Crippen molar-refractivity contribution in [3.8, 4) is 5.75 Å². The highest BCUT2D eigenvalue weighted by atomic mass is 35.5. The number of ether oxygens (including phenoxy) is 1. The molecule has 10 heteroatoms. The highest BCUT2D eigenvalue weighted by Crippen LogP contribution is 2.30. The molecule has 34 heavy (non-hydrogen) atoms. The molecule has 0 aliphatic heterocycles. The standard InChI is InChI=1S/C24H32ClN3O5S/c1-5-20(24(30)26-6-2)27(16-18-12-8-9-13-19(18)25)23(29)17-28(34(4,31)32)21-14-10-11-15-22(21)33-7-3/h8-15,20H,5-7,16-17H2,1-4H3,(H,26,30)/t20-/m0/s1. The summed E-state index contributed by atoms with van der Waals surface area (Å²) in [5.41, 5.74) is 0.907. The van der Waals surface area contributed by atoms with Gasteiger partial charge in [0.05, 0.1) is 18.6 Å². The summed E-state index contributed by atoms with van der Waals surface area (Å²) in [7, 11) is -3.85. The summed E-state index contributed by atoms with van der Waals surface area (Å²) in [5.74, 6) is -0.502. The van der Waals surface area contributed by atoms with Crippen LogP contribution in [-0.4, -0.2) is 57.1 Å². The number of hydrogen-bond acceptors (Lipinski definition) is 5. The minimum absolute atomic E-state index is 0.0544. The van der Waals surface area contributed by atoms with Crippen LogP contribution in [-0.2, 0) is 26.2 Å². The number of sulfonamides is 1. The maximum Gasteiger partial charge on any atom is 0.244 e. The molecule has 2 amide bonds. The summed E-state index contributed by atoms with van der Waals surface area (Å²) in [4.78, 5) is 27.8. The Morgan fingerprint density at radius 2 is 1.71 bits per heavy atom. The largest absolute Gasteiger partial charge is 0.492 e. The average Bonchev–Trinajstić information content (AvgIpc) is 2.78. The van der Waals surface area contributed by atoms with Gasteiger partial charge < -0.3 is 15.0 Å². The number of halogens is 1. The van der Waals surface area contributed by atoms with Gasteiger partial charge in [0, 0.05) is 18.1 Å². The van der Waals surface area contributed by atoms with Crippen molar-refractivity contribution in [2.45, 2.75) is 39.8 Å². The van der Waals surface area contributed by atoms with Crippen LogP contribution < -0.4 is 14.4 Å². The number of carbonyl (C=O) groups is 2. The van der Waals surface area contributed by atoms with E-state index < -0.39 is 28.5 Å². The monoisotopic (exact) mass is 509 g/mol. The smallest absolute Gasteiger partial charge is 0.244 e. The first-order valence-electron chi connectivity index (χ1n) is 11.1. The Labute approximate surface area is 206 Å². The molecule has 0 bridgehead atoms. The van der Waals surface area contributed by atoms with Gasteiger partial charge in [-0.15, -0.1) is 0 Å². The molecule has 1 atom stereocenters. The highest BCUT2D eigenvalue weighted by Gasteiger charge is 2.32. The SMILES string of the molecule is CCNC(=O)[C@H](CC)N(Cc1ccccc1Cl)C(=O)CN(c1ccccc1OCC)S(C)(=O)=O. The molecule has 0 fully saturated rings. The maximum absolute atomic E-state index is 13.6. The summed E-state index contributed by atoms with van der Waals surface area (Å²) in [6.07, 6.45) is 1.37. The van der Waals surface area contributed by atoms with Crippen LogP contribution in [0.1, 0.15) is 32.8 Å². The molecule has 0 radical (unpaired) electrons. The van der Waals surface area contributed by atoms with Crippen LogP contribution in [0.2, 0.25) is 5.02 Å². The van der Waals surface area contributed by atoms with Crippen molar-refractivity contribution in [2.75, 3.05) is 30.3 Å². The van der Waals surface area contributed by atoms with Crippen LogP contribution in [0.25, 0.3) is 0 Å². The van der Waals surface area contributed by atoms with Crippen LogP contribution in [0, 0.1) is 0 Å². The molecule has 2 aromatic rings. The highest BCUT2D eigenvalue weighted by molar-refractivity contribution is 7.92. The molecule has 0 aliphatic carbocycles. The Hall–Kier alpha value is -2.78. The first kappa shape index (κ1) is 27.5. The summed E-state index contributed by atoms with van der Waals surface area (Å²) in [6, 6.07) is 12.9. The van der Waals surface area contributed by atoms with E-state index in [1.807, 2.05) is 0 Å². The molecular formula is C24H32ClN3O5S. The number of benzene rings is 2. The van der Waals surface area contributed by atoms with Crippen molar-refractivity contribution >= 4 is 39.1 Å². The molecule has 186 valence electrons. The molecule has 0 heterocycles. The van der Waals surface area contributed by atoms with Gasteiger partial charge in [0.1, 0.15) is 18.3 Å². The zero-order valence-corrected chi connectivity index (χ0v) is 21.5. The molecule has 2 rings (SSSR count). The van der Waals surface area contributed by atoms with Crippen LogP contribution in [0.5, 0.6) is 5.75 Å². The fourth-order valence-corrected chi connectivity index (χ4v) is 4.61. The van der Waals surface area contributed by atoms with E-state index in [0.29, 0.717) is 35.9 Å². The van der Waals surface area contributed by atoms with Gasteiger partial charge in [-0.2, -0.15) is 0 Å². The van der Waals surface area contributed by atoms with E-state index in [9.17, 15) is 18.0 Å². The molecule has 0 saturated carbocycles. The van der Waals surface area contributed by atoms with Gasteiger partial charge in [0.2, 0.25) is 21.8 Å². The lowest BCUT2D eigenvalue weighted by Crippen LogP contribution is -2.52. The van der Waals surface area contributed by atoms with Crippen molar-refractivity contribution < 1.29 is 22.7 Å². The number of hydrogen-bond donors (Lipinski definition) is 1. The molecule has 8 nitrogen and oxygen atoms in total. The van der Waals surface area contributed by atoms with E-state index in [1.165, 1.54) is 4.90 Å². The normalized spacial score (nSPS) is 12.0. The van der Waals surface area contributed by atoms with Crippen LogP contribution >= 0.6 is 11.6 Å². The zero-order chi connectivity index (χ0) is 25.3. The lowest BCUT2D eigenvalue weighted by atomic mass is 10.1. The second-order valence-corrected chi connectivity index (χ2v) is 9.92. The Balaban J connectivity index is 2.49. The van der Waals surface area contributed by atoms with Gasteiger partial charge in [0.15, 0.2) is 0 Å². The fourth-order valence-electron chi connectivity index (χ4n) is 3.56. The van der Waals surface area contributed by atoms with Crippen LogP contribution in [0.3, 0.4) is 0 Å². The van der Waals surface area contributed by atoms with Gasteiger partial charge in [-0.05, 0) is 44.0 Å². The van der Waals surface area contributed by atoms with E-state index in [2.05, 4.69) is 5.32 Å². The minimum atomic E-state index is -3.85. The minimum Gasteiger partial charge on any atom is -0.492 e. The van der Waals surface area contributed by atoms with Crippen molar-refractivity contribution in [3.05, 3.63) is 59.1 Å². The molecule has 0 unspecified atom stereocenters. The van der Waals surface area contributed by atoms with Crippen LogP contribution in [0.4, 0.5) is 5.69 Å². The Morgan fingerprint density at radius 1 is 1.06 bits per heavy atom. The molecule has 0 saturated heterocycles. The number of rotatable bonds is 12. The summed E-state index contributed by atoms with van der Waals surface area (Å²) >= 11 is 6.33. The van der Waals surface area contributed by atoms with Crippen molar-refractivity contribution in [3.63, 3.8) is 0 Å². The number of para-hydroxylation sites is 2. The Kier molecular flexibility index (Phi) is 10.2. The number of anilines is 1. The first-order chi connectivity index (χ1) is 16.1. The van der Waals surface area contributed by atoms with E-state index in [1.54, 1.807) is 69.3 Å². The van der Waals surface area contributed by atoms with Gasteiger partial charge in [-0.3, -0.25) is 13.9 Å². The topological polar surface area (TPSA) is 96.0 Å². The molecule has 2 aromatic carbocycles. The van der Waals surface area contributed by atoms with Crippen molar-refractivity contribution in [1.29, 1.82) is 0 Å². The molecule has 0 spiro atoms. The second-order valence-electron chi connectivity index (χ2n) is 7.60.